The van der Waals surface area contributed by atoms with Crippen molar-refractivity contribution >= 4 is 38.4 Å². The minimum atomic E-state index is 0.194. The second-order valence-electron chi connectivity index (χ2n) is 7.74. The molecule has 2 aliphatic rings. The van der Waals surface area contributed by atoms with E-state index < -0.39 is 0 Å². The molecule has 4 rings (SSSR count). The number of aromatic nitrogens is 1. The highest BCUT2D eigenvalue weighted by Crippen LogP contribution is 2.33. The smallest absolute Gasteiger partial charge is 0.225 e. The Hall–Kier alpha value is -1.62. The summed E-state index contributed by atoms with van der Waals surface area (Å²) in [5.41, 5.74) is 2.24. The molecule has 0 saturated carbocycles. The number of pyridine rings is 1. The van der Waals surface area contributed by atoms with Gasteiger partial charge in [-0.25, -0.2) is 0 Å². The van der Waals surface area contributed by atoms with Gasteiger partial charge in [0.2, 0.25) is 5.91 Å². The molecule has 1 aromatic carbocycles. The zero-order chi connectivity index (χ0) is 18.1. The minimum absolute atomic E-state index is 0.194. The average molecular weight is 416 g/mol. The molecule has 0 unspecified atom stereocenters. The molecule has 0 bridgehead atoms. The maximum Gasteiger partial charge on any atom is 0.225 e. The first-order valence-corrected chi connectivity index (χ1v) is 10.5. The van der Waals surface area contributed by atoms with Crippen molar-refractivity contribution < 1.29 is 4.79 Å². The Kier molecular flexibility index (Phi) is 5.16. The van der Waals surface area contributed by atoms with Gasteiger partial charge in [0.25, 0.3) is 0 Å². The van der Waals surface area contributed by atoms with Gasteiger partial charge < -0.3 is 9.80 Å². The van der Waals surface area contributed by atoms with E-state index in [9.17, 15) is 4.79 Å². The molecule has 2 aromatic rings. The van der Waals surface area contributed by atoms with Crippen LogP contribution in [0.1, 0.15) is 32.6 Å². The van der Waals surface area contributed by atoms with E-state index >= 15 is 0 Å². The molecule has 3 heterocycles. The summed E-state index contributed by atoms with van der Waals surface area (Å²) in [6.07, 6.45) is 6.09. The zero-order valence-corrected chi connectivity index (χ0v) is 16.9. The molecule has 0 aliphatic carbocycles. The lowest BCUT2D eigenvalue weighted by Crippen LogP contribution is -2.45. The van der Waals surface area contributed by atoms with Crippen LogP contribution in [0.4, 0.5) is 5.69 Å². The lowest BCUT2D eigenvalue weighted by atomic mass is 9.92. The summed E-state index contributed by atoms with van der Waals surface area (Å²) >= 11 is 3.60. The van der Waals surface area contributed by atoms with Crippen LogP contribution in [0.15, 0.2) is 34.9 Å². The number of hydrogen-bond donors (Lipinski definition) is 0. The van der Waals surface area contributed by atoms with Crippen LogP contribution in [-0.4, -0.2) is 42.0 Å². The summed E-state index contributed by atoms with van der Waals surface area (Å²) in [5, 5.41) is 1.18. The largest absolute Gasteiger partial charge is 0.371 e. The van der Waals surface area contributed by atoms with Gasteiger partial charge in [0.15, 0.2) is 0 Å². The van der Waals surface area contributed by atoms with Gasteiger partial charge in [-0.2, -0.15) is 0 Å². The first-order chi connectivity index (χ1) is 12.6. The Morgan fingerprint density at radius 2 is 1.81 bits per heavy atom. The quantitative estimate of drug-likeness (QED) is 0.725. The number of piperidine rings is 2. The Labute approximate surface area is 163 Å². The van der Waals surface area contributed by atoms with Crippen LogP contribution < -0.4 is 4.90 Å². The zero-order valence-electron chi connectivity index (χ0n) is 15.3. The van der Waals surface area contributed by atoms with E-state index in [1.807, 2.05) is 12.3 Å². The van der Waals surface area contributed by atoms with Gasteiger partial charge in [-0.05, 0) is 59.7 Å². The standard InChI is InChI=1S/C21H26BrN3O/c1-15-6-11-25(12-7-15)21(26)16-8-13-24(14-9-16)19-5-10-23-20-17(19)3-2-4-18(20)22/h2-5,10,15-16H,6-9,11-14H2,1H3. The van der Waals surface area contributed by atoms with Crippen molar-refractivity contribution in [2.45, 2.75) is 32.6 Å². The van der Waals surface area contributed by atoms with E-state index in [1.54, 1.807) is 0 Å². The van der Waals surface area contributed by atoms with Gasteiger partial charge in [0, 0.05) is 53.8 Å². The van der Waals surface area contributed by atoms with Crippen molar-refractivity contribution in [3.05, 3.63) is 34.9 Å². The fraction of sp³-hybridized carbons (Fsp3) is 0.524. The molecule has 1 aromatic heterocycles. The predicted octanol–water partition coefficient (Wildman–Crippen LogP) is 4.47. The Balaban J connectivity index is 1.44. The average Bonchev–Trinajstić information content (AvgIpc) is 2.68. The van der Waals surface area contributed by atoms with Crippen LogP contribution >= 0.6 is 15.9 Å². The summed E-state index contributed by atoms with van der Waals surface area (Å²) in [6, 6.07) is 8.33. The number of hydrogen-bond acceptors (Lipinski definition) is 3. The first-order valence-electron chi connectivity index (χ1n) is 9.70. The first kappa shape index (κ1) is 17.8. The Bertz CT molecular complexity index is 793. The van der Waals surface area contributed by atoms with Crippen molar-refractivity contribution in [2.75, 3.05) is 31.1 Å². The van der Waals surface area contributed by atoms with E-state index in [1.165, 1.54) is 11.1 Å². The molecule has 2 fully saturated rings. The van der Waals surface area contributed by atoms with Crippen LogP contribution in [0.5, 0.6) is 0 Å². The number of para-hydroxylation sites is 1. The van der Waals surface area contributed by atoms with Gasteiger partial charge in [-0.15, -0.1) is 0 Å². The molecule has 0 N–H and O–H groups in total. The highest BCUT2D eigenvalue weighted by atomic mass is 79.9. The molecule has 1 amide bonds. The Morgan fingerprint density at radius 1 is 1.08 bits per heavy atom. The Morgan fingerprint density at radius 3 is 2.54 bits per heavy atom. The summed E-state index contributed by atoms with van der Waals surface area (Å²) in [6.45, 7) is 6.06. The van der Waals surface area contributed by atoms with Crippen LogP contribution in [0, 0.1) is 11.8 Å². The molecule has 0 radical (unpaired) electrons. The van der Waals surface area contributed by atoms with Crippen LogP contribution in [-0.2, 0) is 4.79 Å². The third kappa shape index (κ3) is 3.46. The van der Waals surface area contributed by atoms with Gasteiger partial charge in [-0.3, -0.25) is 9.78 Å². The molecule has 26 heavy (non-hydrogen) atoms. The number of anilines is 1. The summed E-state index contributed by atoms with van der Waals surface area (Å²) in [5.74, 6) is 1.35. The topological polar surface area (TPSA) is 36.4 Å². The molecular weight excluding hydrogens is 390 g/mol. The third-order valence-corrected chi connectivity index (χ3v) is 6.62. The van der Waals surface area contributed by atoms with Gasteiger partial charge in [0.1, 0.15) is 0 Å². The predicted molar refractivity (Wildman–Crippen MR) is 109 cm³/mol. The van der Waals surface area contributed by atoms with Crippen molar-refractivity contribution in [1.29, 1.82) is 0 Å². The van der Waals surface area contributed by atoms with Crippen LogP contribution in [0.3, 0.4) is 0 Å². The molecule has 4 nitrogen and oxygen atoms in total. The SMILES string of the molecule is CC1CCN(C(=O)C2CCN(c3ccnc4c(Br)cccc34)CC2)CC1. The van der Waals surface area contributed by atoms with E-state index in [4.69, 9.17) is 0 Å². The second-order valence-corrected chi connectivity index (χ2v) is 8.59. The van der Waals surface area contributed by atoms with Crippen molar-refractivity contribution in [3.8, 4) is 0 Å². The van der Waals surface area contributed by atoms with Crippen LogP contribution in [0.25, 0.3) is 10.9 Å². The highest BCUT2D eigenvalue weighted by molar-refractivity contribution is 9.10. The van der Waals surface area contributed by atoms with E-state index in [-0.39, 0.29) is 5.92 Å². The number of rotatable bonds is 2. The number of carbonyl (C=O) groups excluding carboxylic acids is 1. The highest BCUT2D eigenvalue weighted by Gasteiger charge is 2.30. The lowest BCUT2D eigenvalue weighted by molar-refractivity contribution is -0.137. The van der Waals surface area contributed by atoms with Crippen LogP contribution in [0.2, 0.25) is 0 Å². The summed E-state index contributed by atoms with van der Waals surface area (Å²) in [7, 11) is 0. The second kappa shape index (κ2) is 7.55. The number of benzene rings is 1. The fourth-order valence-corrected chi connectivity index (χ4v) is 4.72. The third-order valence-electron chi connectivity index (χ3n) is 5.98. The van der Waals surface area contributed by atoms with Crippen molar-refractivity contribution in [3.63, 3.8) is 0 Å². The molecule has 138 valence electrons. The normalized spacial score (nSPS) is 19.9. The van der Waals surface area contributed by atoms with Gasteiger partial charge in [-0.1, -0.05) is 19.1 Å². The van der Waals surface area contributed by atoms with E-state index in [2.05, 4.69) is 55.8 Å². The van der Waals surface area contributed by atoms with Gasteiger partial charge in [0.05, 0.1) is 5.52 Å². The molecule has 0 atom stereocenters. The van der Waals surface area contributed by atoms with Gasteiger partial charge >= 0.3 is 0 Å². The maximum atomic E-state index is 12.9. The maximum absolute atomic E-state index is 12.9. The molecule has 2 saturated heterocycles. The minimum Gasteiger partial charge on any atom is -0.371 e. The monoisotopic (exact) mass is 415 g/mol. The molecular formula is C21H26BrN3O. The number of likely N-dealkylation sites (tertiary alicyclic amines) is 1. The number of halogens is 1. The number of amides is 1. The summed E-state index contributed by atoms with van der Waals surface area (Å²) < 4.78 is 1.03. The molecule has 2 aliphatic heterocycles. The van der Waals surface area contributed by atoms with E-state index in [0.717, 1.165) is 67.8 Å². The fourth-order valence-electron chi connectivity index (χ4n) is 4.26. The molecule has 0 spiro atoms. The van der Waals surface area contributed by atoms with Crippen molar-refractivity contribution in [1.82, 2.24) is 9.88 Å². The number of carbonyl (C=O) groups is 1. The van der Waals surface area contributed by atoms with E-state index in [0.29, 0.717) is 5.91 Å². The lowest BCUT2D eigenvalue weighted by Gasteiger charge is -2.37. The summed E-state index contributed by atoms with van der Waals surface area (Å²) in [4.78, 5) is 21.9. The number of fused-ring (bicyclic) bond motifs is 1. The molecule has 5 heteroatoms. The number of nitrogens with zero attached hydrogens (tertiary/aromatic N) is 3. The van der Waals surface area contributed by atoms with Crippen molar-refractivity contribution in [2.24, 2.45) is 11.8 Å².